The fraction of sp³-hybridized carbons (Fsp3) is 0.176. The maximum absolute atomic E-state index is 12.5. The van der Waals surface area contributed by atoms with Crippen LogP contribution in [0.25, 0.3) is 0 Å². The van der Waals surface area contributed by atoms with Crippen molar-refractivity contribution in [3.8, 4) is 0 Å². The molecule has 0 heterocycles. The van der Waals surface area contributed by atoms with Crippen molar-refractivity contribution in [1.29, 1.82) is 0 Å². The Kier molecular flexibility index (Phi) is 3.99. The molecule has 102 valence electrons. The average Bonchev–Trinajstić information content (AvgIpc) is 2.49. The lowest BCUT2D eigenvalue weighted by molar-refractivity contribution is 0.0597. The number of hydrogen-bond donors (Lipinski definition) is 0. The van der Waals surface area contributed by atoms with E-state index >= 15 is 0 Å². The number of rotatable bonds is 3. The summed E-state index contributed by atoms with van der Waals surface area (Å²) in [7, 11) is 1.31. The fourth-order valence-corrected chi connectivity index (χ4v) is 2.03. The Morgan fingerprint density at radius 3 is 2.00 bits per heavy atom. The van der Waals surface area contributed by atoms with E-state index in [-0.39, 0.29) is 5.78 Å². The summed E-state index contributed by atoms with van der Waals surface area (Å²) in [4.78, 5) is 24.4. The molecule has 20 heavy (non-hydrogen) atoms. The van der Waals surface area contributed by atoms with Crippen LogP contribution in [0.1, 0.15) is 37.4 Å². The highest BCUT2D eigenvalue weighted by atomic mass is 16.5. The van der Waals surface area contributed by atoms with Crippen molar-refractivity contribution in [2.24, 2.45) is 0 Å². The van der Waals surface area contributed by atoms with E-state index in [1.54, 1.807) is 36.4 Å². The van der Waals surface area contributed by atoms with Crippen molar-refractivity contribution in [2.75, 3.05) is 7.11 Å². The van der Waals surface area contributed by atoms with Crippen LogP contribution < -0.4 is 0 Å². The molecule has 0 bridgehead atoms. The molecule has 0 atom stereocenters. The maximum Gasteiger partial charge on any atom is 0.338 e. The van der Waals surface area contributed by atoms with E-state index in [1.807, 2.05) is 19.9 Å². The second-order valence-corrected chi connectivity index (χ2v) is 4.67. The minimum atomic E-state index is -0.493. The molecule has 0 N–H and O–H groups in total. The Morgan fingerprint density at radius 1 is 0.900 bits per heavy atom. The van der Waals surface area contributed by atoms with Gasteiger partial charge in [-0.1, -0.05) is 30.3 Å². The predicted octanol–water partition coefficient (Wildman–Crippen LogP) is 3.32. The summed E-state index contributed by atoms with van der Waals surface area (Å²) in [6, 6.07) is 12.4. The van der Waals surface area contributed by atoms with E-state index in [1.165, 1.54) is 7.11 Å². The van der Waals surface area contributed by atoms with Crippen LogP contribution >= 0.6 is 0 Å². The van der Waals surface area contributed by atoms with Gasteiger partial charge in [-0.25, -0.2) is 4.79 Å². The molecule has 0 saturated heterocycles. The lowest BCUT2D eigenvalue weighted by Crippen LogP contribution is -2.12. The molecule has 0 aliphatic heterocycles. The van der Waals surface area contributed by atoms with Gasteiger partial charge in [0.1, 0.15) is 0 Å². The van der Waals surface area contributed by atoms with Gasteiger partial charge in [-0.3, -0.25) is 4.79 Å². The number of ketones is 1. The van der Waals surface area contributed by atoms with Gasteiger partial charge in [0, 0.05) is 11.1 Å². The molecule has 3 heteroatoms. The zero-order valence-electron chi connectivity index (χ0n) is 11.8. The Labute approximate surface area is 118 Å². The first-order chi connectivity index (χ1) is 9.54. The maximum atomic E-state index is 12.5. The zero-order valence-corrected chi connectivity index (χ0v) is 11.8. The number of carbonyl (C=O) groups excluding carboxylic acids is 2. The highest BCUT2D eigenvalue weighted by Gasteiger charge is 2.20. The van der Waals surface area contributed by atoms with Crippen molar-refractivity contribution in [3.63, 3.8) is 0 Å². The van der Waals surface area contributed by atoms with Gasteiger partial charge in [-0.2, -0.15) is 0 Å². The van der Waals surface area contributed by atoms with Crippen molar-refractivity contribution >= 4 is 11.8 Å². The zero-order chi connectivity index (χ0) is 14.7. The van der Waals surface area contributed by atoms with Crippen LogP contribution in [0.3, 0.4) is 0 Å². The SMILES string of the molecule is COC(=O)c1cc(C)c(C)cc1C(=O)c1ccccc1. The first-order valence-electron chi connectivity index (χ1n) is 6.34. The summed E-state index contributed by atoms with van der Waals surface area (Å²) in [5.74, 6) is -0.665. The largest absolute Gasteiger partial charge is 0.465 e. The number of ether oxygens (including phenoxy) is 1. The van der Waals surface area contributed by atoms with E-state index in [9.17, 15) is 9.59 Å². The van der Waals surface area contributed by atoms with Crippen LogP contribution in [-0.2, 0) is 4.74 Å². The normalized spacial score (nSPS) is 10.2. The second-order valence-electron chi connectivity index (χ2n) is 4.67. The van der Waals surface area contributed by atoms with Crippen LogP contribution in [0.2, 0.25) is 0 Å². The number of benzene rings is 2. The molecule has 0 saturated carbocycles. The van der Waals surface area contributed by atoms with E-state index < -0.39 is 5.97 Å². The molecular weight excluding hydrogens is 252 g/mol. The van der Waals surface area contributed by atoms with Gasteiger partial charge >= 0.3 is 5.97 Å². The Hall–Kier alpha value is -2.42. The highest BCUT2D eigenvalue weighted by molar-refractivity contribution is 6.14. The first-order valence-corrected chi connectivity index (χ1v) is 6.34. The summed E-state index contributed by atoms with van der Waals surface area (Å²) in [6.07, 6.45) is 0. The fourth-order valence-electron chi connectivity index (χ4n) is 2.03. The van der Waals surface area contributed by atoms with E-state index in [2.05, 4.69) is 0 Å². The molecule has 2 rings (SSSR count). The monoisotopic (exact) mass is 268 g/mol. The van der Waals surface area contributed by atoms with Gasteiger partial charge in [-0.05, 0) is 37.1 Å². The minimum absolute atomic E-state index is 0.172. The van der Waals surface area contributed by atoms with Crippen molar-refractivity contribution in [1.82, 2.24) is 0 Å². The van der Waals surface area contributed by atoms with Gasteiger partial charge in [0.05, 0.1) is 12.7 Å². The third-order valence-corrected chi connectivity index (χ3v) is 3.32. The molecule has 0 amide bonds. The summed E-state index contributed by atoms with van der Waals surface area (Å²) >= 11 is 0. The summed E-state index contributed by atoms with van der Waals surface area (Å²) < 4.78 is 4.77. The van der Waals surface area contributed by atoms with Crippen molar-refractivity contribution < 1.29 is 14.3 Å². The Morgan fingerprint density at radius 2 is 1.45 bits per heavy atom. The van der Waals surface area contributed by atoms with Gasteiger partial charge in [-0.15, -0.1) is 0 Å². The lowest BCUT2D eigenvalue weighted by Gasteiger charge is -2.10. The lowest BCUT2D eigenvalue weighted by atomic mass is 9.94. The minimum Gasteiger partial charge on any atom is -0.465 e. The molecule has 0 unspecified atom stereocenters. The molecule has 0 spiro atoms. The van der Waals surface area contributed by atoms with E-state index in [0.717, 1.165) is 11.1 Å². The average molecular weight is 268 g/mol. The first kappa shape index (κ1) is 14.0. The number of esters is 1. The molecule has 0 aliphatic rings. The van der Waals surface area contributed by atoms with E-state index in [4.69, 9.17) is 4.74 Å². The Balaban J connectivity index is 2.58. The van der Waals surface area contributed by atoms with Gasteiger partial charge in [0.2, 0.25) is 0 Å². The number of aryl methyl sites for hydroxylation is 2. The van der Waals surface area contributed by atoms with Crippen molar-refractivity contribution in [2.45, 2.75) is 13.8 Å². The van der Waals surface area contributed by atoms with Crippen LogP contribution in [0.4, 0.5) is 0 Å². The standard InChI is InChI=1S/C17H16O3/c1-11-9-14(15(10-12(11)2)17(19)20-3)16(18)13-7-5-4-6-8-13/h4-10H,1-3H3. The number of hydrogen-bond acceptors (Lipinski definition) is 3. The number of methoxy groups -OCH3 is 1. The van der Waals surface area contributed by atoms with Crippen molar-refractivity contribution in [3.05, 3.63) is 70.3 Å². The predicted molar refractivity (Wildman–Crippen MR) is 77.1 cm³/mol. The third kappa shape index (κ3) is 2.62. The van der Waals surface area contributed by atoms with Crippen LogP contribution in [0, 0.1) is 13.8 Å². The van der Waals surface area contributed by atoms with Gasteiger partial charge in [0.25, 0.3) is 0 Å². The molecular formula is C17H16O3. The molecule has 3 nitrogen and oxygen atoms in total. The van der Waals surface area contributed by atoms with E-state index in [0.29, 0.717) is 16.7 Å². The van der Waals surface area contributed by atoms with Gasteiger partial charge < -0.3 is 4.74 Å². The van der Waals surface area contributed by atoms with Crippen LogP contribution in [0.5, 0.6) is 0 Å². The van der Waals surface area contributed by atoms with Crippen LogP contribution in [0.15, 0.2) is 42.5 Å². The van der Waals surface area contributed by atoms with Gasteiger partial charge in [0.15, 0.2) is 5.78 Å². The molecule has 2 aromatic rings. The molecule has 0 aliphatic carbocycles. The molecule has 2 aromatic carbocycles. The summed E-state index contributed by atoms with van der Waals surface area (Å²) in [6.45, 7) is 3.82. The molecule has 0 radical (unpaired) electrons. The molecule has 0 aromatic heterocycles. The second kappa shape index (κ2) is 5.70. The molecule has 0 fully saturated rings. The quantitative estimate of drug-likeness (QED) is 0.633. The highest BCUT2D eigenvalue weighted by Crippen LogP contribution is 2.20. The Bertz CT molecular complexity index is 657. The van der Waals surface area contributed by atoms with Crippen LogP contribution in [-0.4, -0.2) is 18.9 Å². The third-order valence-electron chi connectivity index (χ3n) is 3.32. The number of carbonyl (C=O) groups is 2. The smallest absolute Gasteiger partial charge is 0.338 e. The topological polar surface area (TPSA) is 43.4 Å². The summed E-state index contributed by atoms with van der Waals surface area (Å²) in [5.41, 5.74) is 3.17. The summed E-state index contributed by atoms with van der Waals surface area (Å²) in [5, 5.41) is 0.